The quantitative estimate of drug-likeness (QED) is 0.189. The molecule has 0 aromatic heterocycles. The van der Waals surface area contributed by atoms with Gasteiger partial charge in [-0.15, -0.1) is 0 Å². The summed E-state index contributed by atoms with van der Waals surface area (Å²) in [6.07, 6.45) is 0. The van der Waals surface area contributed by atoms with Crippen molar-refractivity contribution in [2.75, 3.05) is 11.5 Å². The van der Waals surface area contributed by atoms with Crippen molar-refractivity contribution in [1.82, 2.24) is 0 Å². The summed E-state index contributed by atoms with van der Waals surface area (Å²) < 4.78 is 76.5. The number of anilines is 2. The first-order valence-electron chi connectivity index (χ1n) is 8.92. The van der Waals surface area contributed by atoms with Crippen molar-refractivity contribution in [2.45, 2.75) is 9.79 Å². The lowest BCUT2D eigenvalue weighted by atomic mass is 10.2. The van der Waals surface area contributed by atoms with Crippen LogP contribution in [-0.4, -0.2) is 25.9 Å². The molecule has 0 amide bonds. The highest BCUT2D eigenvalue weighted by Crippen LogP contribution is 2.45. The summed E-state index contributed by atoms with van der Waals surface area (Å²) in [4.78, 5) is 7.45. The summed E-state index contributed by atoms with van der Waals surface area (Å²) in [5.41, 5.74) is 11.0. The molecule has 3 aromatic rings. The fourth-order valence-corrected chi connectivity index (χ4v) is 5.12. The van der Waals surface area contributed by atoms with Gasteiger partial charge in [0.25, 0.3) is 20.2 Å². The molecule has 176 valence electrons. The Morgan fingerprint density at radius 2 is 1.06 bits per heavy atom. The Hall–Kier alpha value is -3.14. The zero-order chi connectivity index (χ0) is 24.7. The molecule has 34 heavy (non-hydrogen) atoms. The van der Waals surface area contributed by atoms with E-state index < -0.39 is 30.0 Å². The van der Waals surface area contributed by atoms with Gasteiger partial charge < -0.3 is 20.9 Å². The van der Waals surface area contributed by atoms with E-state index in [1.165, 1.54) is 0 Å². The van der Waals surface area contributed by atoms with Gasteiger partial charge >= 0.3 is 0 Å². The second kappa shape index (κ2) is 7.18. The highest BCUT2D eigenvalue weighted by Gasteiger charge is 2.29. The number of benzene rings is 3. The molecule has 0 spiro atoms. The zero-order valence-corrected chi connectivity index (χ0v) is 19.4. The lowest BCUT2D eigenvalue weighted by Crippen LogP contribution is -2.22. The highest BCUT2D eigenvalue weighted by atomic mass is 35.5. The number of nitrogens with two attached hydrogens (primary N) is 2. The SMILES string of the molecule is Nc1cc2c(cc1S(=O)(=O)O)Oc1c(Cl)c3c(c(Cl)c1=N2)Oc1cc(S(=O)(=O)O)c(N)cc1N=3. The van der Waals surface area contributed by atoms with Crippen LogP contribution in [0.15, 0.2) is 44.0 Å². The average Bonchev–Trinajstić information content (AvgIpc) is 2.73. The van der Waals surface area contributed by atoms with E-state index in [1.54, 1.807) is 0 Å². The molecule has 0 saturated heterocycles. The maximum Gasteiger partial charge on any atom is 0.296 e. The van der Waals surface area contributed by atoms with Crippen LogP contribution in [0.3, 0.4) is 0 Å². The first kappa shape index (κ1) is 22.6. The maximum atomic E-state index is 11.6. The van der Waals surface area contributed by atoms with Gasteiger partial charge in [-0.1, -0.05) is 23.2 Å². The van der Waals surface area contributed by atoms with Gasteiger partial charge in [0.05, 0.1) is 11.4 Å². The van der Waals surface area contributed by atoms with Crippen molar-refractivity contribution in [3.63, 3.8) is 0 Å². The monoisotopic (exact) mass is 544 g/mol. The minimum atomic E-state index is -4.65. The lowest BCUT2D eigenvalue weighted by Gasteiger charge is -2.21. The number of halogens is 2. The van der Waals surface area contributed by atoms with Crippen molar-refractivity contribution in [2.24, 2.45) is 9.98 Å². The standard InChI is InChI=1S/C18H10Cl2N4O8S2/c19-13-15-17(31-9-3-11(33(25,26)27)5(21)1-7(9)23-15)14(20)16-18(13)32-10-4-12(34(28,29)30)6(22)2-8(10)24-16/h1-4H,21-22H2,(H,25,26,27)(H,28,29,30). The molecule has 12 nitrogen and oxygen atoms in total. The fourth-order valence-electron chi connectivity index (χ4n) is 3.39. The minimum absolute atomic E-state index is 0.000945. The third-order valence-electron chi connectivity index (χ3n) is 4.87. The Labute approximate surface area is 200 Å². The molecular formula is C18H10Cl2N4O8S2. The Kier molecular flexibility index (Phi) is 4.78. The zero-order valence-electron chi connectivity index (χ0n) is 16.3. The summed E-state index contributed by atoms with van der Waals surface area (Å²) in [5, 5.41) is -0.226. The first-order valence-corrected chi connectivity index (χ1v) is 12.6. The predicted octanol–water partition coefficient (Wildman–Crippen LogP) is 2.77. The van der Waals surface area contributed by atoms with E-state index in [0.717, 1.165) is 24.3 Å². The van der Waals surface area contributed by atoms with Crippen molar-refractivity contribution < 1.29 is 35.4 Å². The summed E-state index contributed by atoms with van der Waals surface area (Å²) >= 11 is 13.0. The molecule has 0 unspecified atom stereocenters. The van der Waals surface area contributed by atoms with Gasteiger partial charge in [-0.05, 0) is 12.1 Å². The van der Waals surface area contributed by atoms with Gasteiger partial charge in [0, 0.05) is 12.1 Å². The van der Waals surface area contributed by atoms with E-state index in [2.05, 4.69) is 9.98 Å². The topological polar surface area (TPSA) is 204 Å². The molecule has 2 heterocycles. The first-order chi connectivity index (χ1) is 15.8. The summed E-state index contributed by atoms with van der Waals surface area (Å²) in [6, 6.07) is 4.28. The molecule has 0 aliphatic carbocycles. The molecule has 2 aliphatic heterocycles. The number of hydrogen-bond donors (Lipinski definition) is 4. The largest absolute Gasteiger partial charge is 0.451 e. The number of rotatable bonds is 2. The van der Waals surface area contributed by atoms with E-state index in [-0.39, 0.29) is 66.5 Å². The smallest absolute Gasteiger partial charge is 0.296 e. The molecule has 2 aliphatic rings. The molecule has 0 radical (unpaired) electrons. The number of nitrogen functional groups attached to an aromatic ring is 2. The minimum Gasteiger partial charge on any atom is -0.451 e. The van der Waals surface area contributed by atoms with Gasteiger partial charge in [0.2, 0.25) is 0 Å². The number of ether oxygens (including phenoxy) is 2. The van der Waals surface area contributed by atoms with Crippen LogP contribution in [0.25, 0.3) is 0 Å². The van der Waals surface area contributed by atoms with Crippen LogP contribution in [0.1, 0.15) is 0 Å². The fraction of sp³-hybridized carbons (Fsp3) is 0. The Morgan fingerprint density at radius 1 is 0.706 bits per heavy atom. The van der Waals surface area contributed by atoms with Crippen molar-refractivity contribution in [1.29, 1.82) is 0 Å². The second-order valence-electron chi connectivity index (χ2n) is 7.08. The highest BCUT2D eigenvalue weighted by molar-refractivity contribution is 7.86. The van der Waals surface area contributed by atoms with E-state index in [1.807, 2.05) is 0 Å². The van der Waals surface area contributed by atoms with Crippen molar-refractivity contribution >= 4 is 66.2 Å². The second-order valence-corrected chi connectivity index (χ2v) is 10.6. The molecule has 6 N–H and O–H groups in total. The third kappa shape index (κ3) is 3.43. The molecule has 3 aromatic carbocycles. The molecule has 0 fully saturated rings. The van der Waals surface area contributed by atoms with E-state index in [4.69, 9.17) is 44.1 Å². The molecule has 16 heteroatoms. The van der Waals surface area contributed by atoms with E-state index in [9.17, 15) is 25.9 Å². The van der Waals surface area contributed by atoms with Crippen LogP contribution in [-0.2, 0) is 20.2 Å². The van der Waals surface area contributed by atoms with Crippen LogP contribution in [0, 0.1) is 0 Å². The van der Waals surface area contributed by atoms with Gasteiger partial charge in [-0.2, -0.15) is 16.8 Å². The summed E-state index contributed by atoms with van der Waals surface area (Å²) in [5.74, 6) is -0.317. The van der Waals surface area contributed by atoms with Crippen LogP contribution in [0.2, 0.25) is 10.0 Å². The Morgan fingerprint density at radius 3 is 1.38 bits per heavy atom. The van der Waals surface area contributed by atoms with Gasteiger partial charge in [0.1, 0.15) is 41.9 Å². The van der Waals surface area contributed by atoms with Gasteiger partial charge in [-0.25, -0.2) is 9.98 Å². The van der Waals surface area contributed by atoms with Gasteiger partial charge in [0.15, 0.2) is 23.0 Å². The molecule has 0 atom stereocenters. The maximum absolute atomic E-state index is 11.6. The third-order valence-corrected chi connectivity index (χ3v) is 7.39. The molecule has 5 rings (SSSR count). The predicted molar refractivity (Wildman–Crippen MR) is 120 cm³/mol. The van der Waals surface area contributed by atoms with Gasteiger partial charge in [-0.3, -0.25) is 9.11 Å². The molecular weight excluding hydrogens is 535 g/mol. The average molecular weight is 545 g/mol. The van der Waals surface area contributed by atoms with Crippen LogP contribution < -0.4 is 31.7 Å². The summed E-state index contributed by atoms with van der Waals surface area (Å²) in [6.45, 7) is 0. The van der Waals surface area contributed by atoms with Crippen molar-refractivity contribution in [3.8, 4) is 23.0 Å². The van der Waals surface area contributed by atoms with Crippen LogP contribution in [0.4, 0.5) is 22.7 Å². The van der Waals surface area contributed by atoms with E-state index in [0.29, 0.717) is 0 Å². The number of hydrogen-bond acceptors (Lipinski definition) is 10. The Bertz CT molecular complexity index is 1680. The van der Waals surface area contributed by atoms with Crippen LogP contribution in [0.5, 0.6) is 23.0 Å². The molecule has 0 saturated carbocycles. The number of nitrogens with zero attached hydrogens (tertiary/aromatic N) is 2. The number of fused-ring (bicyclic) bond motifs is 4. The Balaban J connectivity index is 1.76. The van der Waals surface area contributed by atoms with Crippen molar-refractivity contribution in [3.05, 3.63) is 45.0 Å². The van der Waals surface area contributed by atoms with Crippen LogP contribution >= 0.6 is 23.2 Å². The summed E-state index contributed by atoms with van der Waals surface area (Å²) in [7, 11) is -9.29. The molecule has 0 bridgehead atoms. The normalized spacial score (nSPS) is 13.8. The van der Waals surface area contributed by atoms with E-state index >= 15 is 0 Å². The lowest BCUT2D eigenvalue weighted by molar-refractivity contribution is 0.448.